The van der Waals surface area contributed by atoms with Gasteiger partial charge in [0.05, 0.1) is 0 Å². The number of hydrogen-bond acceptors (Lipinski definition) is 3. The molecule has 0 radical (unpaired) electrons. The van der Waals surface area contributed by atoms with Crippen LogP contribution in [0.4, 0.5) is 0 Å². The number of carbonyl (C=O) groups excluding carboxylic acids is 1. The van der Waals surface area contributed by atoms with Gasteiger partial charge in [0.15, 0.2) is 0 Å². The van der Waals surface area contributed by atoms with Crippen LogP contribution in [0.3, 0.4) is 0 Å². The van der Waals surface area contributed by atoms with Gasteiger partial charge < -0.3 is 10.2 Å². The van der Waals surface area contributed by atoms with Gasteiger partial charge in [0, 0.05) is 37.1 Å². The van der Waals surface area contributed by atoms with Crippen molar-refractivity contribution in [3.05, 3.63) is 64.5 Å². The zero-order valence-electron chi connectivity index (χ0n) is 13.4. The molecule has 1 aromatic heterocycles. The highest BCUT2D eigenvalue weighted by Crippen LogP contribution is 2.34. The Kier molecular flexibility index (Phi) is 3.62. The maximum absolute atomic E-state index is 12.7. The van der Waals surface area contributed by atoms with Gasteiger partial charge in [-0.05, 0) is 55.1 Å². The first-order chi connectivity index (χ1) is 11.2. The minimum Gasteiger partial charge on any atom is -0.330 e. The molecule has 0 spiro atoms. The van der Waals surface area contributed by atoms with Crippen molar-refractivity contribution in [1.29, 1.82) is 0 Å². The Bertz CT molecular complexity index is 736. The normalized spacial score (nSPS) is 19.9. The average Bonchev–Trinajstić information content (AvgIpc) is 3.23. The number of aryl methyl sites for hydroxylation is 1. The molecule has 1 fully saturated rings. The van der Waals surface area contributed by atoms with Crippen molar-refractivity contribution in [2.45, 2.75) is 38.9 Å². The molecular weight excluding hydrogens is 286 g/mol. The van der Waals surface area contributed by atoms with Crippen LogP contribution in [0.2, 0.25) is 0 Å². The van der Waals surface area contributed by atoms with E-state index in [4.69, 9.17) is 0 Å². The van der Waals surface area contributed by atoms with E-state index in [0.717, 1.165) is 6.54 Å². The molecule has 2 aliphatic heterocycles. The lowest BCUT2D eigenvalue weighted by Gasteiger charge is -2.17. The maximum Gasteiger partial charge on any atom is 0.254 e. The Hall–Kier alpha value is -2.20. The number of carbonyl (C=O) groups is 1. The molecule has 0 aliphatic carbocycles. The molecule has 2 aromatic rings. The Morgan fingerprint density at radius 3 is 2.83 bits per heavy atom. The summed E-state index contributed by atoms with van der Waals surface area (Å²) < 4.78 is 0. The molecule has 2 aliphatic rings. The predicted molar refractivity (Wildman–Crippen MR) is 89.0 cm³/mol. The summed E-state index contributed by atoms with van der Waals surface area (Å²) in [4.78, 5) is 18.7. The van der Waals surface area contributed by atoms with Crippen molar-refractivity contribution in [2.75, 3.05) is 6.54 Å². The number of nitrogens with one attached hydrogen (secondary N) is 1. The Morgan fingerprint density at radius 1 is 1.26 bits per heavy atom. The number of nitrogens with zero attached hydrogens (tertiary/aromatic N) is 2. The molecule has 3 heterocycles. The van der Waals surface area contributed by atoms with E-state index < -0.39 is 0 Å². The highest BCUT2D eigenvalue weighted by Gasteiger charge is 2.29. The summed E-state index contributed by atoms with van der Waals surface area (Å²) in [5, 5.41) is 3.59. The average molecular weight is 307 g/mol. The van der Waals surface area contributed by atoms with E-state index in [1.165, 1.54) is 35.1 Å². The van der Waals surface area contributed by atoms with Crippen molar-refractivity contribution < 1.29 is 4.79 Å². The first-order valence-electron chi connectivity index (χ1n) is 8.27. The molecule has 1 amide bonds. The van der Waals surface area contributed by atoms with Crippen molar-refractivity contribution in [2.24, 2.45) is 0 Å². The van der Waals surface area contributed by atoms with E-state index in [9.17, 15) is 4.79 Å². The smallest absolute Gasteiger partial charge is 0.254 e. The number of rotatable bonds is 2. The summed E-state index contributed by atoms with van der Waals surface area (Å²) in [7, 11) is 0. The van der Waals surface area contributed by atoms with E-state index in [-0.39, 0.29) is 5.91 Å². The molecule has 1 saturated heterocycles. The standard InChI is InChI=1S/C19H21N3O/c1-13-9-15-11-22(19(23)14-4-7-20-8-5-14)12-17(15)16(10-13)18-3-2-6-21-18/h4-5,7-10,18,21H,2-3,6,11-12H2,1H3/t18-/m0/s1. The molecule has 0 bridgehead atoms. The van der Waals surface area contributed by atoms with Crippen molar-refractivity contribution in [3.63, 3.8) is 0 Å². The third-order valence-electron chi connectivity index (χ3n) is 4.88. The van der Waals surface area contributed by atoms with E-state index in [0.29, 0.717) is 24.7 Å². The molecule has 118 valence electrons. The summed E-state index contributed by atoms with van der Waals surface area (Å²) in [5.74, 6) is 0.0894. The zero-order valence-corrected chi connectivity index (χ0v) is 13.4. The largest absolute Gasteiger partial charge is 0.330 e. The lowest BCUT2D eigenvalue weighted by atomic mass is 9.94. The fourth-order valence-electron chi connectivity index (χ4n) is 3.79. The Morgan fingerprint density at radius 2 is 2.09 bits per heavy atom. The number of aromatic nitrogens is 1. The molecule has 4 nitrogen and oxygen atoms in total. The number of hydrogen-bond donors (Lipinski definition) is 1. The zero-order chi connectivity index (χ0) is 15.8. The second-order valence-electron chi connectivity index (χ2n) is 6.54. The third-order valence-corrected chi connectivity index (χ3v) is 4.88. The summed E-state index contributed by atoms with van der Waals surface area (Å²) >= 11 is 0. The summed E-state index contributed by atoms with van der Waals surface area (Å²) in [6, 6.07) is 8.54. The first kappa shape index (κ1) is 14.4. The molecule has 1 aromatic carbocycles. The van der Waals surface area contributed by atoms with E-state index in [1.54, 1.807) is 24.5 Å². The molecule has 0 saturated carbocycles. The van der Waals surface area contributed by atoms with E-state index in [1.807, 2.05) is 4.90 Å². The third kappa shape index (κ3) is 2.63. The number of fused-ring (bicyclic) bond motifs is 1. The van der Waals surface area contributed by atoms with Crippen molar-refractivity contribution >= 4 is 5.91 Å². The lowest BCUT2D eigenvalue weighted by molar-refractivity contribution is 0.0751. The highest BCUT2D eigenvalue weighted by molar-refractivity contribution is 5.94. The van der Waals surface area contributed by atoms with Gasteiger partial charge in [0.2, 0.25) is 0 Å². The molecular formula is C19H21N3O. The molecule has 1 N–H and O–H groups in total. The number of pyridine rings is 1. The predicted octanol–water partition coefficient (Wildman–Crippen LogP) is 2.97. The fraction of sp³-hybridized carbons (Fsp3) is 0.368. The molecule has 23 heavy (non-hydrogen) atoms. The van der Waals surface area contributed by atoms with Gasteiger partial charge in [-0.3, -0.25) is 9.78 Å². The monoisotopic (exact) mass is 307 g/mol. The maximum atomic E-state index is 12.7. The van der Waals surface area contributed by atoms with Crippen LogP contribution >= 0.6 is 0 Å². The van der Waals surface area contributed by atoms with Crippen LogP contribution in [0.15, 0.2) is 36.7 Å². The molecule has 0 unspecified atom stereocenters. The second kappa shape index (κ2) is 5.78. The molecule has 4 rings (SSSR count). The first-order valence-corrected chi connectivity index (χ1v) is 8.27. The van der Waals surface area contributed by atoms with Gasteiger partial charge >= 0.3 is 0 Å². The van der Waals surface area contributed by atoms with Crippen LogP contribution in [0.5, 0.6) is 0 Å². The van der Waals surface area contributed by atoms with Crippen LogP contribution < -0.4 is 5.32 Å². The summed E-state index contributed by atoms with van der Waals surface area (Å²) in [6.07, 6.45) is 5.77. The van der Waals surface area contributed by atoms with Crippen LogP contribution in [0.1, 0.15) is 51.5 Å². The second-order valence-corrected chi connectivity index (χ2v) is 6.54. The van der Waals surface area contributed by atoms with Gasteiger partial charge in [-0.1, -0.05) is 17.7 Å². The van der Waals surface area contributed by atoms with Crippen molar-refractivity contribution in [1.82, 2.24) is 15.2 Å². The van der Waals surface area contributed by atoms with Crippen LogP contribution in [-0.4, -0.2) is 22.3 Å². The van der Waals surface area contributed by atoms with Gasteiger partial charge in [0.1, 0.15) is 0 Å². The van der Waals surface area contributed by atoms with E-state index >= 15 is 0 Å². The highest BCUT2D eigenvalue weighted by atomic mass is 16.2. The number of benzene rings is 1. The summed E-state index contributed by atoms with van der Waals surface area (Å²) in [5.41, 5.74) is 6.03. The van der Waals surface area contributed by atoms with Crippen molar-refractivity contribution in [3.8, 4) is 0 Å². The van der Waals surface area contributed by atoms with Crippen LogP contribution in [0, 0.1) is 6.92 Å². The lowest BCUT2D eigenvalue weighted by Crippen LogP contribution is -2.25. The van der Waals surface area contributed by atoms with Gasteiger partial charge in [0.25, 0.3) is 5.91 Å². The topological polar surface area (TPSA) is 45.2 Å². The van der Waals surface area contributed by atoms with E-state index in [2.05, 4.69) is 29.4 Å². The van der Waals surface area contributed by atoms with Gasteiger partial charge in [-0.25, -0.2) is 0 Å². The Labute approximate surface area is 136 Å². The molecule has 4 heteroatoms. The summed E-state index contributed by atoms with van der Waals surface area (Å²) in [6.45, 7) is 4.65. The number of amides is 1. The minimum absolute atomic E-state index is 0.0894. The van der Waals surface area contributed by atoms with Gasteiger partial charge in [-0.15, -0.1) is 0 Å². The Balaban J connectivity index is 1.64. The SMILES string of the molecule is Cc1cc2c(c([C@@H]3CCCN3)c1)CN(C(=O)c1ccncc1)C2. The minimum atomic E-state index is 0.0894. The molecule has 1 atom stereocenters. The van der Waals surface area contributed by atoms with Crippen LogP contribution in [0.25, 0.3) is 0 Å². The fourth-order valence-corrected chi connectivity index (χ4v) is 3.79. The van der Waals surface area contributed by atoms with Crippen LogP contribution in [-0.2, 0) is 13.1 Å². The quantitative estimate of drug-likeness (QED) is 0.928. The van der Waals surface area contributed by atoms with Gasteiger partial charge in [-0.2, -0.15) is 0 Å².